The summed E-state index contributed by atoms with van der Waals surface area (Å²) in [5.41, 5.74) is 3.65. The van der Waals surface area contributed by atoms with Crippen LogP contribution >= 0.6 is 23.2 Å². The summed E-state index contributed by atoms with van der Waals surface area (Å²) in [6.07, 6.45) is 0. The van der Waals surface area contributed by atoms with E-state index < -0.39 is 0 Å². The zero-order valence-electron chi connectivity index (χ0n) is 12.8. The first kappa shape index (κ1) is 15.9. The van der Waals surface area contributed by atoms with Gasteiger partial charge in [0.25, 0.3) is 0 Å². The molecule has 4 nitrogen and oxygen atoms in total. The van der Waals surface area contributed by atoms with E-state index in [0.29, 0.717) is 15.7 Å². The van der Waals surface area contributed by atoms with Gasteiger partial charge in [0.15, 0.2) is 0 Å². The minimum absolute atomic E-state index is 0.424. The summed E-state index contributed by atoms with van der Waals surface area (Å²) >= 11 is 12.3. The molecule has 1 aromatic carbocycles. The lowest BCUT2D eigenvalue weighted by atomic mass is 10.2. The molecule has 23 heavy (non-hydrogen) atoms. The van der Waals surface area contributed by atoms with Gasteiger partial charge in [-0.25, -0.2) is 4.98 Å². The highest BCUT2D eigenvalue weighted by atomic mass is 35.5. The van der Waals surface area contributed by atoms with E-state index in [2.05, 4.69) is 20.9 Å². The third kappa shape index (κ3) is 3.36. The molecule has 0 bridgehead atoms. The van der Waals surface area contributed by atoms with Crippen molar-refractivity contribution in [3.05, 3.63) is 51.8 Å². The fourth-order valence-corrected chi connectivity index (χ4v) is 3.56. The van der Waals surface area contributed by atoms with Crippen LogP contribution in [0.1, 0.15) is 11.3 Å². The number of nitrogens with zero attached hydrogens (tertiary/aromatic N) is 4. The van der Waals surface area contributed by atoms with Crippen molar-refractivity contribution in [1.82, 2.24) is 4.98 Å². The highest BCUT2D eigenvalue weighted by Crippen LogP contribution is 2.32. The number of halogens is 2. The number of piperazine rings is 1. The molecule has 6 heteroatoms. The van der Waals surface area contributed by atoms with Crippen molar-refractivity contribution < 1.29 is 0 Å². The van der Waals surface area contributed by atoms with Gasteiger partial charge in [0, 0.05) is 31.9 Å². The zero-order valence-corrected chi connectivity index (χ0v) is 14.3. The Bertz CT molecular complexity index is 721. The third-order valence-corrected chi connectivity index (χ3v) is 4.53. The third-order valence-electron chi connectivity index (χ3n) is 4.05. The van der Waals surface area contributed by atoms with E-state index in [1.165, 1.54) is 0 Å². The van der Waals surface area contributed by atoms with E-state index in [0.717, 1.165) is 43.2 Å². The van der Waals surface area contributed by atoms with Crippen LogP contribution < -0.4 is 9.80 Å². The summed E-state index contributed by atoms with van der Waals surface area (Å²) in [6, 6.07) is 11.5. The molecule has 2 aromatic rings. The lowest BCUT2D eigenvalue weighted by Crippen LogP contribution is -2.47. The predicted octanol–water partition coefficient (Wildman–Crippen LogP) is 3.90. The largest absolute Gasteiger partial charge is 0.368 e. The molecule has 118 valence electrons. The minimum Gasteiger partial charge on any atom is -0.368 e. The molecule has 0 aliphatic carbocycles. The highest BCUT2D eigenvalue weighted by Gasteiger charge is 2.21. The lowest BCUT2D eigenvalue weighted by Gasteiger charge is -2.38. The summed E-state index contributed by atoms with van der Waals surface area (Å²) in [5, 5.41) is 9.94. The molecule has 1 aliphatic rings. The van der Waals surface area contributed by atoms with E-state index in [9.17, 15) is 0 Å². The number of benzene rings is 1. The second-order valence-corrected chi connectivity index (χ2v) is 6.29. The molecule has 1 aliphatic heterocycles. The molecule has 2 heterocycles. The van der Waals surface area contributed by atoms with Crippen molar-refractivity contribution >= 4 is 34.6 Å². The average molecular weight is 347 g/mol. The fourth-order valence-electron chi connectivity index (χ4n) is 2.91. The molecule has 0 spiro atoms. The summed E-state index contributed by atoms with van der Waals surface area (Å²) in [4.78, 5) is 8.86. The minimum atomic E-state index is 0.424. The number of rotatable bonds is 2. The molecule has 0 unspecified atom stereocenters. The quantitative estimate of drug-likeness (QED) is 0.773. The first-order valence-corrected chi connectivity index (χ1v) is 8.17. The molecule has 0 radical (unpaired) electrons. The topological polar surface area (TPSA) is 43.2 Å². The molecule has 0 atom stereocenters. The van der Waals surface area contributed by atoms with Crippen LogP contribution in [0.15, 0.2) is 30.3 Å². The van der Waals surface area contributed by atoms with E-state index in [1.807, 2.05) is 31.2 Å². The Morgan fingerprint density at radius 3 is 2.22 bits per heavy atom. The van der Waals surface area contributed by atoms with Crippen molar-refractivity contribution in [3.63, 3.8) is 0 Å². The maximum atomic E-state index is 8.87. The summed E-state index contributed by atoms with van der Waals surface area (Å²) in [6.45, 7) is 5.45. The van der Waals surface area contributed by atoms with Gasteiger partial charge in [-0.05, 0) is 37.3 Å². The summed E-state index contributed by atoms with van der Waals surface area (Å²) in [7, 11) is 0. The van der Waals surface area contributed by atoms with Gasteiger partial charge in [0.05, 0.1) is 28.0 Å². The molecule has 0 saturated carbocycles. The molecule has 1 fully saturated rings. The Hall–Kier alpha value is -1.96. The van der Waals surface area contributed by atoms with Gasteiger partial charge in [-0.2, -0.15) is 5.26 Å². The number of anilines is 2. The van der Waals surface area contributed by atoms with Gasteiger partial charge in [0.2, 0.25) is 0 Å². The van der Waals surface area contributed by atoms with Gasteiger partial charge in [-0.15, -0.1) is 0 Å². The monoisotopic (exact) mass is 346 g/mol. The second kappa shape index (κ2) is 6.66. The Morgan fingerprint density at radius 1 is 1.04 bits per heavy atom. The second-order valence-electron chi connectivity index (χ2n) is 5.49. The summed E-state index contributed by atoms with van der Waals surface area (Å²) < 4.78 is 0. The van der Waals surface area contributed by atoms with Crippen molar-refractivity contribution in [3.8, 4) is 6.07 Å². The number of aryl methyl sites for hydroxylation is 1. The Labute approximate surface area is 145 Å². The summed E-state index contributed by atoms with van der Waals surface area (Å²) in [5.74, 6) is 0. The van der Waals surface area contributed by atoms with Gasteiger partial charge >= 0.3 is 0 Å². The van der Waals surface area contributed by atoms with Crippen LogP contribution in [0.5, 0.6) is 0 Å². The van der Waals surface area contributed by atoms with Crippen LogP contribution in [-0.4, -0.2) is 31.2 Å². The van der Waals surface area contributed by atoms with Crippen molar-refractivity contribution in [1.29, 1.82) is 5.26 Å². The zero-order chi connectivity index (χ0) is 16.4. The maximum absolute atomic E-state index is 8.87. The molecule has 0 N–H and O–H groups in total. The van der Waals surface area contributed by atoms with Crippen LogP contribution in [0.25, 0.3) is 0 Å². The first-order chi connectivity index (χ1) is 11.1. The molecular weight excluding hydrogens is 331 g/mol. The van der Waals surface area contributed by atoms with Crippen LogP contribution in [0.2, 0.25) is 10.2 Å². The SMILES string of the molecule is Cc1nc(Cl)cc(Cl)c1N1CCN(c2ccc(C#N)cc2)CC1. The van der Waals surface area contributed by atoms with Crippen molar-refractivity contribution in [2.24, 2.45) is 0 Å². The standard InChI is InChI=1S/C17H16Cl2N4/c1-12-17(15(18)10-16(19)21-12)23-8-6-22(7-9-23)14-4-2-13(11-20)3-5-14/h2-5,10H,6-9H2,1H3. The van der Waals surface area contributed by atoms with Gasteiger partial charge in [-0.3, -0.25) is 0 Å². The first-order valence-electron chi connectivity index (χ1n) is 7.41. The smallest absolute Gasteiger partial charge is 0.130 e. The predicted molar refractivity (Wildman–Crippen MR) is 94.6 cm³/mol. The number of nitriles is 1. The van der Waals surface area contributed by atoms with Gasteiger partial charge < -0.3 is 9.80 Å². The van der Waals surface area contributed by atoms with Crippen LogP contribution in [0.4, 0.5) is 11.4 Å². The van der Waals surface area contributed by atoms with Crippen LogP contribution in [0, 0.1) is 18.3 Å². The van der Waals surface area contributed by atoms with E-state index in [-0.39, 0.29) is 0 Å². The number of hydrogen-bond donors (Lipinski definition) is 0. The molecular formula is C17H16Cl2N4. The van der Waals surface area contributed by atoms with Crippen LogP contribution in [-0.2, 0) is 0 Å². The van der Waals surface area contributed by atoms with Crippen molar-refractivity contribution in [2.45, 2.75) is 6.92 Å². The lowest BCUT2D eigenvalue weighted by molar-refractivity contribution is 0.651. The molecule has 1 aromatic heterocycles. The molecule has 1 saturated heterocycles. The Kier molecular flexibility index (Phi) is 4.61. The number of aromatic nitrogens is 1. The number of hydrogen-bond acceptors (Lipinski definition) is 4. The highest BCUT2D eigenvalue weighted by molar-refractivity contribution is 6.36. The van der Waals surface area contributed by atoms with E-state index >= 15 is 0 Å². The Morgan fingerprint density at radius 2 is 1.65 bits per heavy atom. The number of pyridine rings is 1. The maximum Gasteiger partial charge on any atom is 0.130 e. The van der Waals surface area contributed by atoms with Crippen LogP contribution in [0.3, 0.4) is 0 Å². The fraction of sp³-hybridized carbons (Fsp3) is 0.294. The molecule has 3 rings (SSSR count). The van der Waals surface area contributed by atoms with E-state index in [1.54, 1.807) is 6.07 Å². The average Bonchev–Trinajstić information content (AvgIpc) is 2.55. The van der Waals surface area contributed by atoms with E-state index in [4.69, 9.17) is 28.5 Å². The van der Waals surface area contributed by atoms with Gasteiger partial charge in [0.1, 0.15) is 5.15 Å². The van der Waals surface area contributed by atoms with Gasteiger partial charge in [-0.1, -0.05) is 23.2 Å². The Balaban J connectivity index is 1.72. The molecule has 0 amide bonds. The normalized spacial score (nSPS) is 14.7. The van der Waals surface area contributed by atoms with Crippen molar-refractivity contribution in [2.75, 3.05) is 36.0 Å².